The number of nitrogens with one attached hydrogen (secondary N) is 1. The lowest BCUT2D eigenvalue weighted by Crippen LogP contribution is -2.58. The lowest BCUT2D eigenvalue weighted by Gasteiger charge is -2.38. The number of nitrogens with zero attached hydrogens (tertiary/aromatic N) is 2. The fourth-order valence-corrected chi connectivity index (χ4v) is 8.00. The van der Waals surface area contributed by atoms with Crippen LogP contribution in [0.5, 0.6) is 0 Å². The van der Waals surface area contributed by atoms with Gasteiger partial charge in [0.2, 0.25) is 11.8 Å². The quantitative estimate of drug-likeness (QED) is 0.309. The molecule has 8 atom stereocenters. The zero-order valence-electron chi connectivity index (χ0n) is 27.6. The van der Waals surface area contributed by atoms with Crippen LogP contribution in [0.1, 0.15) is 44.8 Å². The first-order chi connectivity index (χ1) is 23.8. The van der Waals surface area contributed by atoms with Gasteiger partial charge in [-0.05, 0) is 48.2 Å². The summed E-state index contributed by atoms with van der Waals surface area (Å²) in [6.07, 6.45) is 6.62. The van der Waals surface area contributed by atoms with E-state index in [-0.39, 0.29) is 31.4 Å². The van der Waals surface area contributed by atoms with Crippen molar-refractivity contribution in [1.29, 1.82) is 0 Å². The molecule has 3 aromatic rings. The van der Waals surface area contributed by atoms with E-state index in [0.29, 0.717) is 24.1 Å². The molecule has 2 N–H and O–H groups in total. The summed E-state index contributed by atoms with van der Waals surface area (Å²) < 4.78 is 12.8. The van der Waals surface area contributed by atoms with Gasteiger partial charge in [-0.1, -0.05) is 91.9 Å². The van der Waals surface area contributed by atoms with E-state index in [1.807, 2.05) is 91.9 Å². The number of carbonyl (C=O) groups excluding carboxylic acids is 4. The molecule has 0 aliphatic carbocycles. The van der Waals surface area contributed by atoms with E-state index in [1.54, 1.807) is 24.0 Å². The van der Waals surface area contributed by atoms with Crippen LogP contribution in [-0.4, -0.2) is 76.7 Å². The molecule has 5 bridgehead atoms. The van der Waals surface area contributed by atoms with E-state index < -0.39 is 59.6 Å². The molecule has 2 saturated heterocycles. The van der Waals surface area contributed by atoms with E-state index in [0.717, 1.165) is 10.8 Å². The Hall–Kier alpha value is -4.80. The van der Waals surface area contributed by atoms with Gasteiger partial charge in [-0.2, -0.15) is 0 Å². The monoisotopic (exact) mass is 663 g/mol. The van der Waals surface area contributed by atoms with Gasteiger partial charge in [-0.3, -0.25) is 19.2 Å². The zero-order chi connectivity index (χ0) is 34.3. The van der Waals surface area contributed by atoms with Crippen LogP contribution in [0.25, 0.3) is 10.8 Å². The van der Waals surface area contributed by atoms with Crippen LogP contribution in [0.4, 0.5) is 5.69 Å². The first-order valence-electron chi connectivity index (χ1n) is 17.1. The van der Waals surface area contributed by atoms with Gasteiger partial charge >= 0.3 is 5.97 Å². The van der Waals surface area contributed by atoms with Crippen molar-refractivity contribution in [3.05, 3.63) is 103 Å². The summed E-state index contributed by atoms with van der Waals surface area (Å²) in [4.78, 5) is 60.1. The Morgan fingerprint density at radius 3 is 2.47 bits per heavy atom. The summed E-state index contributed by atoms with van der Waals surface area (Å²) in [6, 6.07) is 20.4. The third-order valence-electron chi connectivity index (χ3n) is 10.4. The minimum absolute atomic E-state index is 0.166. The number of ether oxygens (including phenoxy) is 2. The van der Waals surface area contributed by atoms with Crippen molar-refractivity contribution in [3.63, 3.8) is 0 Å². The molecule has 3 aromatic carbocycles. The predicted molar refractivity (Wildman–Crippen MR) is 183 cm³/mol. The highest BCUT2D eigenvalue weighted by Crippen LogP contribution is 2.56. The molecule has 254 valence electrons. The second-order valence-electron chi connectivity index (χ2n) is 13.3. The van der Waals surface area contributed by atoms with Gasteiger partial charge in [0.15, 0.2) is 0 Å². The third kappa shape index (κ3) is 5.62. The van der Waals surface area contributed by atoms with E-state index in [2.05, 4.69) is 5.32 Å². The first kappa shape index (κ1) is 32.7. The molecule has 3 amide bonds. The lowest BCUT2D eigenvalue weighted by molar-refractivity contribution is -0.161. The van der Waals surface area contributed by atoms with Gasteiger partial charge in [-0.15, -0.1) is 0 Å². The van der Waals surface area contributed by atoms with Gasteiger partial charge in [0.05, 0.1) is 30.7 Å². The van der Waals surface area contributed by atoms with Crippen LogP contribution in [0, 0.1) is 11.8 Å². The number of aliphatic hydroxyl groups is 1. The number of fused-ring (bicyclic) bond motifs is 3. The smallest absolute Gasteiger partial charge is 0.313 e. The Balaban J connectivity index is 1.35. The molecule has 4 heterocycles. The fourth-order valence-electron chi connectivity index (χ4n) is 8.00. The molecule has 4 aliphatic heterocycles. The maximum Gasteiger partial charge on any atom is 0.313 e. The van der Waals surface area contributed by atoms with Crippen LogP contribution in [0.15, 0.2) is 97.1 Å². The molecule has 2 fully saturated rings. The summed E-state index contributed by atoms with van der Waals surface area (Å²) in [7, 11) is 0. The SMILES string of the molecule is CC[C@@H](CO)N1C(=O)[C@@H]2[C@H]3C(=O)O[C@@H](c4ccccc4)[C@H](C)NC(=O)CC/C=C\CN(c4ccc5ccccc5c4)C(=O)[C@@H]1[C@]21C=C[C@H]3O1. The average Bonchev–Trinajstić information content (AvgIpc) is 3.76. The zero-order valence-corrected chi connectivity index (χ0v) is 27.6. The van der Waals surface area contributed by atoms with Gasteiger partial charge in [0, 0.05) is 18.7 Å². The van der Waals surface area contributed by atoms with Crippen molar-refractivity contribution in [2.45, 2.75) is 69.0 Å². The van der Waals surface area contributed by atoms with Crippen molar-refractivity contribution < 1.29 is 33.8 Å². The highest BCUT2D eigenvalue weighted by atomic mass is 16.6. The molecule has 49 heavy (non-hydrogen) atoms. The maximum atomic E-state index is 15.1. The number of cyclic esters (lactones) is 1. The predicted octanol–water partition coefficient (Wildman–Crippen LogP) is 4.23. The van der Waals surface area contributed by atoms with E-state index >= 15 is 4.79 Å². The van der Waals surface area contributed by atoms with Crippen LogP contribution < -0.4 is 10.2 Å². The van der Waals surface area contributed by atoms with Gasteiger partial charge in [-0.25, -0.2) is 0 Å². The molecule has 10 nitrogen and oxygen atoms in total. The molecule has 1 spiro atoms. The number of carbonyl (C=O) groups is 4. The van der Waals surface area contributed by atoms with E-state index in [9.17, 15) is 19.5 Å². The van der Waals surface area contributed by atoms with Crippen molar-refractivity contribution in [1.82, 2.24) is 10.2 Å². The second-order valence-corrected chi connectivity index (χ2v) is 13.3. The minimum atomic E-state index is -1.44. The average molecular weight is 664 g/mol. The number of hydrogen-bond acceptors (Lipinski definition) is 7. The molecule has 7 rings (SSSR count). The van der Waals surface area contributed by atoms with Gasteiger partial charge in [0.1, 0.15) is 23.7 Å². The topological polar surface area (TPSA) is 125 Å². The Kier molecular flexibility index (Phi) is 8.85. The number of esters is 1. The van der Waals surface area contributed by atoms with E-state index in [1.165, 1.54) is 4.90 Å². The normalized spacial score (nSPS) is 31.5. The van der Waals surface area contributed by atoms with Crippen LogP contribution in [-0.2, 0) is 28.7 Å². The third-order valence-corrected chi connectivity index (χ3v) is 10.4. The van der Waals surface area contributed by atoms with Crippen molar-refractivity contribution in [2.75, 3.05) is 18.1 Å². The largest absolute Gasteiger partial charge is 0.455 e. The van der Waals surface area contributed by atoms with Crippen molar-refractivity contribution in [3.8, 4) is 0 Å². The Morgan fingerprint density at radius 1 is 0.959 bits per heavy atom. The number of rotatable bonds is 5. The summed E-state index contributed by atoms with van der Waals surface area (Å²) in [5.41, 5.74) is -0.124. The van der Waals surface area contributed by atoms with E-state index in [4.69, 9.17) is 9.47 Å². The standard InChI is InChI=1S/C39H41N3O7/c1-3-28(23-43)42-35-37(46)41(29-18-17-25-12-9-10-15-27(25)22-29)21-11-5-8-16-31(44)40-24(2)34(26-13-6-4-7-14-26)48-38(47)32-30-19-20-39(35,49-30)33(32)36(42)45/h4-7,9-15,17-20,22,24,28,30,32-35,43H,3,8,16,21,23H2,1-2H3,(H,40,44)/b11-5-/t24-,28-,30+,32-,33-,34+,35+,39-/m0/s1. The summed E-state index contributed by atoms with van der Waals surface area (Å²) in [5.74, 6) is -3.75. The first-order valence-corrected chi connectivity index (χ1v) is 17.1. The number of amides is 3. The van der Waals surface area contributed by atoms with Crippen molar-refractivity contribution >= 4 is 40.2 Å². The second kappa shape index (κ2) is 13.2. The molecule has 4 aliphatic rings. The minimum Gasteiger partial charge on any atom is -0.455 e. The summed E-state index contributed by atoms with van der Waals surface area (Å²) >= 11 is 0. The van der Waals surface area contributed by atoms with Gasteiger partial charge < -0.3 is 29.7 Å². The Labute approximate surface area is 285 Å². The van der Waals surface area contributed by atoms with Crippen LogP contribution in [0.2, 0.25) is 0 Å². The van der Waals surface area contributed by atoms with Crippen LogP contribution in [0.3, 0.4) is 0 Å². The molecule has 0 aromatic heterocycles. The fraction of sp³-hybridized carbons (Fsp3) is 0.385. The highest BCUT2D eigenvalue weighted by molar-refractivity contribution is 6.06. The Morgan fingerprint density at radius 2 is 1.71 bits per heavy atom. The number of anilines is 1. The molecule has 0 saturated carbocycles. The molecule has 10 heteroatoms. The molecule has 0 unspecified atom stereocenters. The lowest BCUT2D eigenvalue weighted by atomic mass is 9.74. The van der Waals surface area contributed by atoms with Gasteiger partial charge in [0.25, 0.3) is 5.91 Å². The molecular weight excluding hydrogens is 622 g/mol. The summed E-state index contributed by atoms with van der Waals surface area (Å²) in [6.45, 7) is 3.44. The number of likely N-dealkylation sites (tertiary alicyclic amines) is 1. The summed E-state index contributed by atoms with van der Waals surface area (Å²) in [5, 5.41) is 15.5. The van der Waals surface area contributed by atoms with Crippen LogP contribution >= 0.6 is 0 Å². The Bertz CT molecular complexity index is 1820. The van der Waals surface area contributed by atoms with Crippen molar-refractivity contribution in [2.24, 2.45) is 11.8 Å². The molecule has 0 radical (unpaired) electrons. The number of aliphatic hydroxyl groups excluding tert-OH is 1. The molecular formula is C39H41N3O7. The number of allylic oxidation sites excluding steroid dienone is 1. The number of benzene rings is 3. The highest BCUT2D eigenvalue weighted by Gasteiger charge is 2.74. The number of hydrogen-bond donors (Lipinski definition) is 2. The maximum absolute atomic E-state index is 15.1.